The number of aromatic nitrogens is 2. The molecule has 1 fully saturated rings. The molecular formula is C21H22ClN3O2S2. The van der Waals surface area contributed by atoms with Crippen LogP contribution in [0, 0.1) is 6.92 Å². The fourth-order valence-electron chi connectivity index (χ4n) is 3.45. The predicted octanol–water partition coefficient (Wildman–Crippen LogP) is 5.91. The van der Waals surface area contributed by atoms with Crippen LogP contribution < -0.4 is 4.72 Å². The molecule has 1 aromatic heterocycles. The maximum atomic E-state index is 13.0. The summed E-state index contributed by atoms with van der Waals surface area (Å²) in [6.45, 7) is 2.02. The van der Waals surface area contributed by atoms with Gasteiger partial charge in [0.25, 0.3) is 10.0 Å². The molecule has 2 aromatic carbocycles. The lowest BCUT2D eigenvalue weighted by Crippen LogP contribution is -2.13. The van der Waals surface area contributed by atoms with Gasteiger partial charge in [-0.3, -0.25) is 9.40 Å². The Morgan fingerprint density at radius 3 is 2.59 bits per heavy atom. The van der Waals surface area contributed by atoms with E-state index in [0.717, 1.165) is 36.1 Å². The highest BCUT2D eigenvalue weighted by Crippen LogP contribution is 2.39. The highest BCUT2D eigenvalue weighted by atomic mass is 35.5. The first kappa shape index (κ1) is 20.3. The second kappa shape index (κ2) is 8.42. The molecule has 0 amide bonds. The number of nitrogens with zero attached hydrogens (tertiary/aromatic N) is 2. The number of hydrogen-bond acceptors (Lipinski definition) is 4. The SMILES string of the molecule is Cc1ccc(Sc2c(Cl)cccc2NS(=O)(=O)c2cnn(C3CCCC3)c2)cc1. The van der Waals surface area contributed by atoms with Crippen molar-refractivity contribution in [2.45, 2.75) is 53.3 Å². The molecule has 1 aliphatic carbocycles. The Labute approximate surface area is 180 Å². The molecule has 0 radical (unpaired) electrons. The van der Waals surface area contributed by atoms with Crippen molar-refractivity contribution in [3.8, 4) is 0 Å². The van der Waals surface area contributed by atoms with Gasteiger partial charge in [-0.1, -0.05) is 60.0 Å². The Bertz CT molecular complexity index is 1110. The van der Waals surface area contributed by atoms with Crippen LogP contribution >= 0.6 is 23.4 Å². The van der Waals surface area contributed by atoms with Crippen molar-refractivity contribution in [2.75, 3.05) is 4.72 Å². The average Bonchev–Trinajstić information content (AvgIpc) is 3.37. The van der Waals surface area contributed by atoms with E-state index in [2.05, 4.69) is 9.82 Å². The number of hydrogen-bond donors (Lipinski definition) is 1. The van der Waals surface area contributed by atoms with Crippen molar-refractivity contribution < 1.29 is 8.42 Å². The molecule has 0 spiro atoms. The Balaban J connectivity index is 1.60. The summed E-state index contributed by atoms with van der Waals surface area (Å²) in [5.41, 5.74) is 1.62. The minimum atomic E-state index is -3.77. The molecule has 0 atom stereocenters. The molecule has 0 unspecified atom stereocenters. The van der Waals surface area contributed by atoms with Crippen LogP contribution in [0.25, 0.3) is 0 Å². The molecule has 1 heterocycles. The Morgan fingerprint density at radius 2 is 1.86 bits per heavy atom. The first-order chi connectivity index (χ1) is 13.9. The highest BCUT2D eigenvalue weighted by Gasteiger charge is 2.23. The third-order valence-electron chi connectivity index (χ3n) is 5.04. The first-order valence-corrected chi connectivity index (χ1v) is 12.2. The van der Waals surface area contributed by atoms with E-state index >= 15 is 0 Å². The molecule has 3 aromatic rings. The van der Waals surface area contributed by atoms with Crippen molar-refractivity contribution in [1.29, 1.82) is 0 Å². The van der Waals surface area contributed by atoms with Gasteiger partial charge in [0, 0.05) is 11.1 Å². The number of sulfonamides is 1. The largest absolute Gasteiger partial charge is 0.278 e. The van der Waals surface area contributed by atoms with E-state index in [0.29, 0.717) is 15.6 Å². The van der Waals surface area contributed by atoms with Crippen molar-refractivity contribution in [2.24, 2.45) is 0 Å². The predicted molar refractivity (Wildman–Crippen MR) is 117 cm³/mol. The summed E-state index contributed by atoms with van der Waals surface area (Å²) in [5, 5.41) is 4.79. The summed E-state index contributed by atoms with van der Waals surface area (Å²) in [6, 6.07) is 13.5. The van der Waals surface area contributed by atoms with Gasteiger partial charge in [0.2, 0.25) is 0 Å². The molecule has 0 saturated heterocycles. The molecular weight excluding hydrogens is 426 g/mol. The normalized spacial score (nSPS) is 15.0. The average molecular weight is 448 g/mol. The van der Waals surface area contributed by atoms with Gasteiger partial charge in [0.1, 0.15) is 4.90 Å². The number of nitrogens with one attached hydrogen (secondary N) is 1. The summed E-state index contributed by atoms with van der Waals surface area (Å²) in [7, 11) is -3.77. The van der Waals surface area contributed by atoms with Crippen molar-refractivity contribution in [1.82, 2.24) is 9.78 Å². The summed E-state index contributed by atoms with van der Waals surface area (Å²) in [6.07, 6.45) is 7.44. The molecule has 1 saturated carbocycles. The molecule has 1 aliphatic rings. The molecule has 152 valence electrons. The van der Waals surface area contributed by atoms with E-state index in [1.165, 1.54) is 18.0 Å². The number of aryl methyl sites for hydroxylation is 1. The van der Waals surface area contributed by atoms with Gasteiger partial charge >= 0.3 is 0 Å². The molecule has 29 heavy (non-hydrogen) atoms. The lowest BCUT2D eigenvalue weighted by molar-refractivity contribution is 0.466. The second-order valence-electron chi connectivity index (χ2n) is 7.23. The van der Waals surface area contributed by atoms with E-state index in [1.807, 2.05) is 31.2 Å². The smallest absolute Gasteiger partial charge is 0.265 e. The van der Waals surface area contributed by atoms with Crippen LogP contribution in [0.5, 0.6) is 0 Å². The standard InChI is InChI=1S/C21H22ClN3O2S2/c1-15-9-11-17(12-10-15)28-21-19(22)7-4-8-20(21)24-29(26,27)18-13-23-25(14-18)16-5-2-3-6-16/h4,7-14,16,24H,2-3,5-6H2,1H3. The molecule has 4 rings (SSSR count). The molecule has 8 heteroatoms. The molecule has 0 aliphatic heterocycles. The van der Waals surface area contributed by atoms with Crippen LogP contribution in [-0.2, 0) is 10.0 Å². The van der Waals surface area contributed by atoms with E-state index < -0.39 is 10.0 Å². The van der Waals surface area contributed by atoms with Crippen molar-refractivity contribution in [3.05, 3.63) is 65.4 Å². The Hall–Kier alpha value is -1.96. The van der Waals surface area contributed by atoms with E-state index in [-0.39, 0.29) is 10.9 Å². The maximum absolute atomic E-state index is 13.0. The fourth-order valence-corrected chi connectivity index (χ4v) is 5.72. The van der Waals surface area contributed by atoms with Gasteiger partial charge in [-0.25, -0.2) is 8.42 Å². The zero-order chi connectivity index (χ0) is 20.4. The minimum absolute atomic E-state index is 0.163. The van der Waals surface area contributed by atoms with Crippen LogP contribution in [0.2, 0.25) is 5.02 Å². The van der Waals surface area contributed by atoms with Gasteiger partial charge in [0.05, 0.1) is 27.8 Å². The number of benzene rings is 2. The first-order valence-electron chi connectivity index (χ1n) is 9.52. The zero-order valence-corrected chi connectivity index (χ0v) is 18.4. The topological polar surface area (TPSA) is 64.0 Å². The molecule has 1 N–H and O–H groups in total. The van der Waals surface area contributed by atoms with E-state index in [1.54, 1.807) is 29.1 Å². The van der Waals surface area contributed by atoms with Crippen molar-refractivity contribution >= 4 is 39.1 Å². The number of anilines is 1. The molecule has 5 nitrogen and oxygen atoms in total. The van der Waals surface area contributed by atoms with E-state index in [4.69, 9.17) is 11.6 Å². The zero-order valence-electron chi connectivity index (χ0n) is 16.0. The highest BCUT2D eigenvalue weighted by molar-refractivity contribution is 7.99. The molecule has 0 bridgehead atoms. The third kappa shape index (κ3) is 4.63. The summed E-state index contributed by atoms with van der Waals surface area (Å²) in [5.74, 6) is 0. The van der Waals surface area contributed by atoms with Crippen LogP contribution in [0.1, 0.15) is 37.3 Å². The van der Waals surface area contributed by atoms with Crippen LogP contribution in [0.3, 0.4) is 0 Å². The van der Waals surface area contributed by atoms with Crippen molar-refractivity contribution in [3.63, 3.8) is 0 Å². The van der Waals surface area contributed by atoms with Crippen LogP contribution in [0.15, 0.2) is 69.5 Å². The maximum Gasteiger partial charge on any atom is 0.265 e. The van der Waals surface area contributed by atoms with Crippen LogP contribution in [0.4, 0.5) is 5.69 Å². The number of rotatable bonds is 6. The van der Waals surface area contributed by atoms with Gasteiger partial charge in [-0.05, 0) is 44.0 Å². The third-order valence-corrected chi connectivity index (χ3v) is 7.94. The Kier molecular flexibility index (Phi) is 5.90. The summed E-state index contributed by atoms with van der Waals surface area (Å²) < 4.78 is 30.4. The lowest BCUT2D eigenvalue weighted by atomic mass is 10.2. The Morgan fingerprint density at radius 1 is 1.14 bits per heavy atom. The summed E-state index contributed by atoms with van der Waals surface area (Å²) in [4.78, 5) is 1.82. The van der Waals surface area contributed by atoms with Crippen LogP contribution in [-0.4, -0.2) is 18.2 Å². The van der Waals surface area contributed by atoms with E-state index in [9.17, 15) is 8.42 Å². The van der Waals surface area contributed by atoms with Gasteiger partial charge in [-0.2, -0.15) is 5.10 Å². The second-order valence-corrected chi connectivity index (χ2v) is 10.4. The van der Waals surface area contributed by atoms with Gasteiger partial charge < -0.3 is 0 Å². The number of halogens is 1. The summed E-state index contributed by atoms with van der Waals surface area (Å²) >= 11 is 7.83. The monoisotopic (exact) mass is 447 g/mol. The van der Waals surface area contributed by atoms with Gasteiger partial charge in [0.15, 0.2) is 0 Å². The lowest BCUT2D eigenvalue weighted by Gasteiger charge is -2.13. The minimum Gasteiger partial charge on any atom is -0.278 e. The quantitative estimate of drug-likeness (QED) is 0.510. The fraction of sp³-hybridized carbons (Fsp3) is 0.286. The van der Waals surface area contributed by atoms with Gasteiger partial charge in [-0.15, -0.1) is 0 Å².